The molecule has 0 radical (unpaired) electrons. The summed E-state index contributed by atoms with van der Waals surface area (Å²) in [6.07, 6.45) is 0. The highest BCUT2D eigenvalue weighted by molar-refractivity contribution is 14.0. The first-order valence-corrected chi connectivity index (χ1v) is 8.50. The quantitative estimate of drug-likeness (QED) is 0.323. The van der Waals surface area contributed by atoms with Gasteiger partial charge in [0.05, 0.1) is 0 Å². The zero-order valence-corrected chi connectivity index (χ0v) is 17.7. The molecule has 0 atom stereocenters. The van der Waals surface area contributed by atoms with E-state index in [2.05, 4.69) is 76.5 Å². The third-order valence-electron chi connectivity index (χ3n) is 3.98. The van der Waals surface area contributed by atoms with Crippen molar-refractivity contribution in [3.63, 3.8) is 0 Å². The van der Waals surface area contributed by atoms with E-state index < -0.39 is 0 Å². The van der Waals surface area contributed by atoms with E-state index in [4.69, 9.17) is 0 Å². The van der Waals surface area contributed by atoms with Crippen molar-refractivity contribution >= 4 is 35.6 Å². The molecule has 1 heterocycles. The van der Waals surface area contributed by atoms with Crippen LogP contribution in [-0.4, -0.2) is 62.7 Å². The van der Waals surface area contributed by atoms with Crippen molar-refractivity contribution in [3.05, 3.63) is 30.3 Å². The average molecular weight is 445 g/mol. The van der Waals surface area contributed by atoms with Crippen LogP contribution in [0.3, 0.4) is 0 Å². The molecule has 2 N–H and O–H groups in total. The van der Waals surface area contributed by atoms with Gasteiger partial charge in [0.15, 0.2) is 5.96 Å². The molecule has 0 bridgehead atoms. The van der Waals surface area contributed by atoms with Gasteiger partial charge in [-0.1, -0.05) is 18.2 Å². The normalized spacial score (nSPS) is 15.9. The van der Waals surface area contributed by atoms with Crippen LogP contribution < -0.4 is 15.5 Å². The van der Waals surface area contributed by atoms with Gasteiger partial charge in [0, 0.05) is 57.5 Å². The Labute approximate surface area is 163 Å². The van der Waals surface area contributed by atoms with Crippen LogP contribution in [-0.2, 0) is 0 Å². The van der Waals surface area contributed by atoms with E-state index >= 15 is 0 Å². The Bertz CT molecular complexity index is 490. The molecule has 5 nitrogen and oxygen atoms in total. The molecular weight excluding hydrogens is 413 g/mol. The number of hydrogen-bond acceptors (Lipinski definition) is 3. The Morgan fingerprint density at radius 2 is 1.67 bits per heavy atom. The number of nitrogens with zero attached hydrogens (tertiary/aromatic N) is 3. The molecule has 1 fully saturated rings. The van der Waals surface area contributed by atoms with Crippen LogP contribution >= 0.6 is 24.0 Å². The summed E-state index contributed by atoms with van der Waals surface area (Å²) in [4.78, 5) is 9.21. The second-order valence-corrected chi connectivity index (χ2v) is 6.96. The van der Waals surface area contributed by atoms with Gasteiger partial charge >= 0.3 is 0 Å². The first-order chi connectivity index (χ1) is 11.0. The Morgan fingerprint density at radius 1 is 1.04 bits per heavy atom. The predicted molar refractivity (Wildman–Crippen MR) is 115 cm³/mol. The minimum Gasteiger partial charge on any atom is -0.368 e. The van der Waals surface area contributed by atoms with Gasteiger partial charge in [-0.25, -0.2) is 0 Å². The van der Waals surface area contributed by atoms with E-state index in [1.165, 1.54) is 5.69 Å². The molecular formula is C18H32IN5. The maximum absolute atomic E-state index is 4.43. The molecule has 0 aliphatic carbocycles. The standard InChI is InChI=1S/C18H31N5.HI/c1-18(2,3)21-11-10-20-17(19-4)23-14-12-22(13-15-23)16-8-6-5-7-9-16;/h5-9,21H,10-15H2,1-4H3,(H,19,20);1H. The van der Waals surface area contributed by atoms with E-state index in [0.717, 1.165) is 45.2 Å². The molecule has 0 aromatic heterocycles. The monoisotopic (exact) mass is 445 g/mol. The average Bonchev–Trinajstić information content (AvgIpc) is 2.55. The Kier molecular flexibility index (Phi) is 8.83. The summed E-state index contributed by atoms with van der Waals surface area (Å²) in [5.74, 6) is 1.01. The number of nitrogens with one attached hydrogen (secondary N) is 2. The molecule has 1 aliphatic rings. The fourth-order valence-electron chi connectivity index (χ4n) is 2.76. The van der Waals surface area contributed by atoms with Crippen molar-refractivity contribution in [2.24, 2.45) is 4.99 Å². The Balaban J connectivity index is 0.00000288. The second-order valence-electron chi connectivity index (χ2n) is 6.96. The summed E-state index contributed by atoms with van der Waals surface area (Å²) in [5, 5.41) is 6.95. The number of hydrogen-bond donors (Lipinski definition) is 2. The molecule has 0 spiro atoms. The molecule has 0 unspecified atom stereocenters. The SMILES string of the molecule is CN=C(NCCNC(C)(C)C)N1CCN(c2ccccc2)CC1.I. The summed E-state index contributed by atoms with van der Waals surface area (Å²) in [5.41, 5.74) is 1.47. The largest absolute Gasteiger partial charge is 0.368 e. The van der Waals surface area contributed by atoms with Gasteiger partial charge in [0.1, 0.15) is 0 Å². The number of anilines is 1. The highest BCUT2D eigenvalue weighted by atomic mass is 127. The predicted octanol–water partition coefficient (Wildman–Crippen LogP) is 2.39. The number of guanidine groups is 1. The molecule has 24 heavy (non-hydrogen) atoms. The fourth-order valence-corrected chi connectivity index (χ4v) is 2.76. The molecule has 1 aromatic rings. The van der Waals surface area contributed by atoms with Crippen LogP contribution in [0.2, 0.25) is 0 Å². The van der Waals surface area contributed by atoms with Crippen LogP contribution in [0.1, 0.15) is 20.8 Å². The van der Waals surface area contributed by atoms with Crippen molar-refractivity contribution in [1.82, 2.24) is 15.5 Å². The Morgan fingerprint density at radius 3 is 2.21 bits per heavy atom. The van der Waals surface area contributed by atoms with Crippen molar-refractivity contribution in [3.8, 4) is 0 Å². The minimum absolute atomic E-state index is 0. The van der Waals surface area contributed by atoms with Crippen molar-refractivity contribution in [2.45, 2.75) is 26.3 Å². The van der Waals surface area contributed by atoms with Crippen molar-refractivity contribution in [1.29, 1.82) is 0 Å². The highest BCUT2D eigenvalue weighted by Gasteiger charge is 2.19. The van der Waals surface area contributed by atoms with E-state index in [1.54, 1.807) is 0 Å². The van der Waals surface area contributed by atoms with Crippen molar-refractivity contribution < 1.29 is 0 Å². The fraction of sp³-hybridized carbons (Fsp3) is 0.611. The molecule has 136 valence electrons. The van der Waals surface area contributed by atoms with Gasteiger partial charge in [0.2, 0.25) is 0 Å². The zero-order chi connectivity index (χ0) is 16.7. The van der Waals surface area contributed by atoms with Crippen LogP contribution in [0.15, 0.2) is 35.3 Å². The first kappa shape index (κ1) is 21.0. The van der Waals surface area contributed by atoms with E-state index in [-0.39, 0.29) is 29.5 Å². The second kappa shape index (κ2) is 10.1. The summed E-state index contributed by atoms with van der Waals surface area (Å²) in [7, 11) is 1.86. The third-order valence-corrected chi connectivity index (χ3v) is 3.98. The first-order valence-electron chi connectivity index (χ1n) is 8.50. The molecule has 0 amide bonds. The van der Waals surface area contributed by atoms with Gasteiger partial charge in [-0.3, -0.25) is 4.99 Å². The summed E-state index contributed by atoms with van der Waals surface area (Å²) in [6, 6.07) is 10.6. The lowest BCUT2D eigenvalue weighted by Crippen LogP contribution is -2.53. The third kappa shape index (κ3) is 6.84. The lowest BCUT2D eigenvalue weighted by molar-refractivity contribution is 0.369. The maximum atomic E-state index is 4.43. The summed E-state index contributed by atoms with van der Waals surface area (Å²) >= 11 is 0. The summed E-state index contributed by atoms with van der Waals surface area (Å²) < 4.78 is 0. The molecule has 2 rings (SSSR count). The zero-order valence-electron chi connectivity index (χ0n) is 15.4. The number of benzene rings is 1. The van der Waals surface area contributed by atoms with Gasteiger partial charge in [-0.05, 0) is 32.9 Å². The van der Waals surface area contributed by atoms with Crippen LogP contribution in [0.5, 0.6) is 0 Å². The van der Waals surface area contributed by atoms with Crippen LogP contribution in [0.25, 0.3) is 0 Å². The summed E-state index contributed by atoms with van der Waals surface area (Å²) in [6.45, 7) is 12.5. The van der Waals surface area contributed by atoms with E-state index in [9.17, 15) is 0 Å². The smallest absolute Gasteiger partial charge is 0.193 e. The molecule has 0 saturated carbocycles. The van der Waals surface area contributed by atoms with Gasteiger partial charge in [0.25, 0.3) is 0 Å². The lowest BCUT2D eigenvalue weighted by atomic mass is 10.1. The number of halogens is 1. The number of aliphatic imine (C=N–C) groups is 1. The van der Waals surface area contributed by atoms with Crippen LogP contribution in [0.4, 0.5) is 5.69 Å². The number of piperazine rings is 1. The number of para-hydroxylation sites is 1. The topological polar surface area (TPSA) is 42.9 Å². The minimum atomic E-state index is 0. The van der Waals surface area contributed by atoms with E-state index in [0.29, 0.717) is 0 Å². The van der Waals surface area contributed by atoms with E-state index in [1.807, 2.05) is 7.05 Å². The maximum Gasteiger partial charge on any atom is 0.193 e. The molecule has 1 saturated heterocycles. The van der Waals surface area contributed by atoms with Gasteiger partial charge < -0.3 is 20.4 Å². The Hall–Kier alpha value is -1.02. The number of rotatable bonds is 4. The van der Waals surface area contributed by atoms with Crippen molar-refractivity contribution in [2.75, 3.05) is 51.2 Å². The molecule has 6 heteroatoms. The molecule has 1 aliphatic heterocycles. The lowest BCUT2D eigenvalue weighted by Gasteiger charge is -2.37. The van der Waals surface area contributed by atoms with Gasteiger partial charge in [-0.2, -0.15) is 0 Å². The van der Waals surface area contributed by atoms with Crippen LogP contribution in [0, 0.1) is 0 Å². The van der Waals surface area contributed by atoms with Gasteiger partial charge in [-0.15, -0.1) is 24.0 Å². The highest BCUT2D eigenvalue weighted by Crippen LogP contribution is 2.15. The molecule has 1 aromatic carbocycles.